The molecule has 0 unspecified atom stereocenters. The summed E-state index contributed by atoms with van der Waals surface area (Å²) in [6, 6.07) is 17.9. The Bertz CT molecular complexity index is 690. The fourth-order valence-electron chi connectivity index (χ4n) is 2.19. The fourth-order valence-corrected chi connectivity index (χ4v) is 2.19. The Labute approximate surface area is 123 Å². The van der Waals surface area contributed by atoms with Crippen molar-refractivity contribution in [1.82, 2.24) is 10.1 Å². The highest BCUT2D eigenvalue weighted by Crippen LogP contribution is 2.18. The third kappa shape index (κ3) is 3.48. The van der Waals surface area contributed by atoms with Gasteiger partial charge in [0.05, 0.1) is 0 Å². The van der Waals surface area contributed by atoms with Gasteiger partial charge in [-0.3, -0.25) is 0 Å². The quantitative estimate of drug-likeness (QED) is 0.726. The Morgan fingerprint density at radius 2 is 1.67 bits per heavy atom. The lowest BCUT2D eigenvalue weighted by Gasteiger charge is -1.98. The van der Waals surface area contributed by atoms with E-state index in [0.717, 1.165) is 30.5 Å². The molecule has 106 valence electrons. The molecule has 21 heavy (non-hydrogen) atoms. The lowest BCUT2D eigenvalue weighted by atomic mass is 10.1. The largest absolute Gasteiger partial charge is 0.399 e. The molecule has 0 aliphatic rings. The van der Waals surface area contributed by atoms with Gasteiger partial charge in [-0.05, 0) is 42.7 Å². The van der Waals surface area contributed by atoms with Crippen LogP contribution >= 0.6 is 0 Å². The summed E-state index contributed by atoms with van der Waals surface area (Å²) in [5.74, 6) is 1.29. The molecule has 2 aromatic carbocycles. The van der Waals surface area contributed by atoms with E-state index in [0.29, 0.717) is 11.7 Å². The zero-order chi connectivity index (χ0) is 14.5. The Hall–Kier alpha value is -2.62. The molecule has 0 spiro atoms. The number of aryl methyl sites for hydroxylation is 2. The Kier molecular flexibility index (Phi) is 3.96. The molecule has 4 nitrogen and oxygen atoms in total. The molecule has 1 aromatic heterocycles. The highest BCUT2D eigenvalue weighted by atomic mass is 16.5. The van der Waals surface area contributed by atoms with Crippen molar-refractivity contribution >= 4 is 5.69 Å². The molecule has 0 amide bonds. The van der Waals surface area contributed by atoms with Crippen molar-refractivity contribution < 1.29 is 4.52 Å². The van der Waals surface area contributed by atoms with E-state index in [2.05, 4.69) is 34.4 Å². The van der Waals surface area contributed by atoms with E-state index in [9.17, 15) is 0 Å². The topological polar surface area (TPSA) is 64.9 Å². The molecule has 0 aliphatic carbocycles. The van der Waals surface area contributed by atoms with Crippen LogP contribution in [0.2, 0.25) is 0 Å². The van der Waals surface area contributed by atoms with Crippen LogP contribution in [-0.2, 0) is 12.8 Å². The van der Waals surface area contributed by atoms with Gasteiger partial charge in [-0.1, -0.05) is 35.5 Å². The first-order valence-corrected chi connectivity index (χ1v) is 7.04. The van der Waals surface area contributed by atoms with E-state index < -0.39 is 0 Å². The van der Waals surface area contributed by atoms with Crippen LogP contribution in [0.15, 0.2) is 59.1 Å². The van der Waals surface area contributed by atoms with E-state index in [1.54, 1.807) is 0 Å². The van der Waals surface area contributed by atoms with E-state index in [1.165, 1.54) is 5.56 Å². The summed E-state index contributed by atoms with van der Waals surface area (Å²) in [6.07, 6.45) is 2.80. The second kappa shape index (κ2) is 6.22. The molecule has 0 fully saturated rings. The molecule has 0 saturated carbocycles. The minimum Gasteiger partial charge on any atom is -0.399 e. The summed E-state index contributed by atoms with van der Waals surface area (Å²) < 4.78 is 5.29. The van der Waals surface area contributed by atoms with E-state index in [4.69, 9.17) is 10.3 Å². The van der Waals surface area contributed by atoms with Gasteiger partial charge >= 0.3 is 0 Å². The lowest BCUT2D eigenvalue weighted by Crippen LogP contribution is -1.90. The molecule has 3 rings (SSSR count). The van der Waals surface area contributed by atoms with Gasteiger partial charge in [-0.2, -0.15) is 4.98 Å². The van der Waals surface area contributed by atoms with Crippen LogP contribution in [0, 0.1) is 0 Å². The number of nitrogens with zero attached hydrogens (tertiary/aromatic N) is 2. The van der Waals surface area contributed by atoms with Crippen molar-refractivity contribution in [3.63, 3.8) is 0 Å². The minimum atomic E-state index is 0.615. The van der Waals surface area contributed by atoms with Crippen molar-refractivity contribution in [3.8, 4) is 11.4 Å². The zero-order valence-electron chi connectivity index (χ0n) is 11.7. The predicted octanol–water partition coefficient (Wildman–Crippen LogP) is 3.49. The molecule has 0 bridgehead atoms. The van der Waals surface area contributed by atoms with Crippen molar-refractivity contribution in [2.75, 3.05) is 5.73 Å². The summed E-state index contributed by atoms with van der Waals surface area (Å²) in [4.78, 5) is 4.42. The first kappa shape index (κ1) is 13.4. The Balaban J connectivity index is 1.59. The van der Waals surface area contributed by atoms with Crippen molar-refractivity contribution in [1.29, 1.82) is 0 Å². The number of aromatic nitrogens is 2. The summed E-state index contributed by atoms with van der Waals surface area (Å²) in [6.45, 7) is 0. The fraction of sp³-hybridized carbons (Fsp3) is 0.176. The molecule has 2 N–H and O–H groups in total. The number of nitrogens with two attached hydrogens (primary N) is 1. The SMILES string of the molecule is Nc1ccc(-c2noc(CCCc3ccccc3)n2)cc1. The summed E-state index contributed by atoms with van der Waals surface area (Å²) in [5.41, 5.74) is 8.64. The van der Waals surface area contributed by atoms with Crippen LogP contribution in [0.4, 0.5) is 5.69 Å². The van der Waals surface area contributed by atoms with Gasteiger partial charge in [-0.25, -0.2) is 0 Å². The minimum absolute atomic E-state index is 0.615. The van der Waals surface area contributed by atoms with Crippen LogP contribution in [0.1, 0.15) is 17.9 Å². The van der Waals surface area contributed by atoms with Gasteiger partial charge in [0.2, 0.25) is 11.7 Å². The standard InChI is InChI=1S/C17H17N3O/c18-15-11-9-14(10-12-15)17-19-16(21-20-17)8-4-7-13-5-2-1-3-6-13/h1-3,5-6,9-12H,4,7-8,18H2. The first-order valence-electron chi connectivity index (χ1n) is 7.04. The van der Waals surface area contributed by atoms with Gasteiger partial charge in [-0.15, -0.1) is 0 Å². The second-order valence-electron chi connectivity index (χ2n) is 4.97. The normalized spacial score (nSPS) is 10.7. The lowest BCUT2D eigenvalue weighted by molar-refractivity contribution is 0.376. The van der Waals surface area contributed by atoms with Crippen molar-refractivity contribution in [2.45, 2.75) is 19.3 Å². The van der Waals surface area contributed by atoms with Gasteiger partial charge in [0.25, 0.3) is 0 Å². The van der Waals surface area contributed by atoms with E-state index in [1.807, 2.05) is 30.3 Å². The number of benzene rings is 2. The summed E-state index contributed by atoms with van der Waals surface area (Å²) in [5, 5.41) is 4.01. The zero-order valence-corrected chi connectivity index (χ0v) is 11.7. The van der Waals surface area contributed by atoms with E-state index >= 15 is 0 Å². The summed E-state index contributed by atoms with van der Waals surface area (Å²) >= 11 is 0. The Morgan fingerprint density at radius 3 is 2.43 bits per heavy atom. The van der Waals surface area contributed by atoms with Crippen LogP contribution in [0.5, 0.6) is 0 Å². The van der Waals surface area contributed by atoms with Gasteiger partial charge < -0.3 is 10.3 Å². The molecule has 3 aromatic rings. The molecular weight excluding hydrogens is 262 g/mol. The van der Waals surface area contributed by atoms with Crippen molar-refractivity contribution in [2.24, 2.45) is 0 Å². The maximum atomic E-state index is 5.67. The second-order valence-corrected chi connectivity index (χ2v) is 4.97. The van der Waals surface area contributed by atoms with Gasteiger partial charge in [0, 0.05) is 17.7 Å². The molecule has 0 saturated heterocycles. The van der Waals surface area contributed by atoms with Crippen molar-refractivity contribution in [3.05, 3.63) is 66.1 Å². The van der Waals surface area contributed by atoms with Crippen LogP contribution in [0.3, 0.4) is 0 Å². The summed E-state index contributed by atoms with van der Waals surface area (Å²) in [7, 11) is 0. The third-order valence-corrected chi connectivity index (χ3v) is 3.34. The van der Waals surface area contributed by atoms with Gasteiger partial charge in [0.1, 0.15) is 0 Å². The predicted molar refractivity (Wildman–Crippen MR) is 82.6 cm³/mol. The van der Waals surface area contributed by atoms with Crippen LogP contribution < -0.4 is 5.73 Å². The maximum Gasteiger partial charge on any atom is 0.226 e. The Morgan fingerprint density at radius 1 is 0.905 bits per heavy atom. The monoisotopic (exact) mass is 279 g/mol. The first-order chi connectivity index (χ1) is 10.3. The number of nitrogen functional groups attached to an aromatic ring is 1. The highest BCUT2D eigenvalue weighted by molar-refractivity contribution is 5.57. The number of rotatable bonds is 5. The molecule has 0 aliphatic heterocycles. The number of hydrogen-bond donors (Lipinski definition) is 1. The average molecular weight is 279 g/mol. The van der Waals surface area contributed by atoms with E-state index in [-0.39, 0.29) is 0 Å². The number of hydrogen-bond acceptors (Lipinski definition) is 4. The molecular formula is C17H17N3O. The highest BCUT2D eigenvalue weighted by Gasteiger charge is 2.08. The average Bonchev–Trinajstić information content (AvgIpc) is 2.98. The van der Waals surface area contributed by atoms with Crippen LogP contribution in [0.25, 0.3) is 11.4 Å². The van der Waals surface area contributed by atoms with Crippen LogP contribution in [-0.4, -0.2) is 10.1 Å². The molecule has 0 radical (unpaired) electrons. The number of anilines is 1. The molecule has 1 heterocycles. The smallest absolute Gasteiger partial charge is 0.226 e. The molecule has 4 heteroatoms. The maximum absolute atomic E-state index is 5.67. The third-order valence-electron chi connectivity index (χ3n) is 3.34. The van der Waals surface area contributed by atoms with Gasteiger partial charge in [0.15, 0.2) is 0 Å². The molecule has 0 atom stereocenters.